The van der Waals surface area contributed by atoms with Crippen LogP contribution in [-0.4, -0.2) is 44.0 Å². The van der Waals surface area contributed by atoms with Gasteiger partial charge in [0.1, 0.15) is 5.82 Å². The Labute approximate surface area is 145 Å². The number of piperidine rings is 1. The van der Waals surface area contributed by atoms with E-state index in [0.717, 1.165) is 43.0 Å². The fourth-order valence-corrected chi connectivity index (χ4v) is 3.19. The maximum absolute atomic E-state index is 5.31. The lowest BCUT2D eigenvalue weighted by Gasteiger charge is -2.34. The van der Waals surface area contributed by atoms with Gasteiger partial charge in [-0.1, -0.05) is 5.16 Å². The topological polar surface area (TPSA) is 84.9 Å². The quantitative estimate of drug-likeness (QED) is 0.780. The molecule has 1 aliphatic heterocycles. The van der Waals surface area contributed by atoms with E-state index >= 15 is 0 Å². The van der Waals surface area contributed by atoms with E-state index in [4.69, 9.17) is 4.52 Å². The van der Waals surface area contributed by atoms with E-state index in [0.29, 0.717) is 17.8 Å². The van der Waals surface area contributed by atoms with Gasteiger partial charge >= 0.3 is 0 Å². The SMILES string of the molecule is Cc1noc(-c2cccnc2NC2CCCN(c3cnn(C)c3)C2)n1. The summed E-state index contributed by atoms with van der Waals surface area (Å²) in [5.41, 5.74) is 1.99. The molecule has 1 unspecified atom stereocenters. The molecule has 0 radical (unpaired) electrons. The van der Waals surface area contributed by atoms with Gasteiger partial charge in [0.2, 0.25) is 0 Å². The van der Waals surface area contributed by atoms with Crippen molar-refractivity contribution in [1.82, 2.24) is 24.9 Å². The average molecular weight is 339 g/mol. The Bertz CT molecular complexity index is 856. The fraction of sp³-hybridized carbons (Fsp3) is 0.412. The van der Waals surface area contributed by atoms with E-state index in [1.165, 1.54) is 0 Å². The van der Waals surface area contributed by atoms with Crippen LogP contribution in [0.3, 0.4) is 0 Å². The molecule has 4 heterocycles. The van der Waals surface area contributed by atoms with Gasteiger partial charge in [-0.2, -0.15) is 10.1 Å². The lowest BCUT2D eigenvalue weighted by Crippen LogP contribution is -2.42. The molecule has 0 amide bonds. The van der Waals surface area contributed by atoms with Gasteiger partial charge in [-0.15, -0.1) is 0 Å². The van der Waals surface area contributed by atoms with Crippen molar-refractivity contribution in [3.63, 3.8) is 0 Å². The summed E-state index contributed by atoms with van der Waals surface area (Å²) in [7, 11) is 1.94. The molecule has 0 bridgehead atoms. The first-order valence-corrected chi connectivity index (χ1v) is 8.45. The molecule has 1 N–H and O–H groups in total. The lowest BCUT2D eigenvalue weighted by atomic mass is 10.0. The molecule has 0 aliphatic carbocycles. The summed E-state index contributed by atoms with van der Waals surface area (Å²) in [5, 5.41) is 11.7. The van der Waals surface area contributed by atoms with Crippen molar-refractivity contribution in [2.45, 2.75) is 25.8 Å². The van der Waals surface area contributed by atoms with E-state index in [2.05, 4.69) is 36.6 Å². The van der Waals surface area contributed by atoms with Crippen LogP contribution in [0.1, 0.15) is 18.7 Å². The molecule has 1 aliphatic rings. The molecule has 1 fully saturated rings. The first-order chi connectivity index (χ1) is 12.2. The van der Waals surface area contributed by atoms with Crippen LogP contribution in [0.2, 0.25) is 0 Å². The average Bonchev–Trinajstić information content (AvgIpc) is 3.24. The molecule has 25 heavy (non-hydrogen) atoms. The Morgan fingerprint density at radius 3 is 3.04 bits per heavy atom. The minimum atomic E-state index is 0.298. The number of nitrogens with zero attached hydrogens (tertiary/aromatic N) is 6. The van der Waals surface area contributed by atoms with E-state index in [1.54, 1.807) is 6.20 Å². The van der Waals surface area contributed by atoms with Crippen LogP contribution in [0.25, 0.3) is 11.5 Å². The lowest BCUT2D eigenvalue weighted by molar-refractivity contribution is 0.425. The van der Waals surface area contributed by atoms with Crippen LogP contribution in [0.5, 0.6) is 0 Å². The highest BCUT2D eigenvalue weighted by molar-refractivity contribution is 5.69. The van der Waals surface area contributed by atoms with Gasteiger partial charge < -0.3 is 14.7 Å². The summed E-state index contributed by atoms with van der Waals surface area (Å²) < 4.78 is 7.15. The molecule has 130 valence electrons. The molecule has 0 aromatic carbocycles. The summed E-state index contributed by atoms with van der Waals surface area (Å²) in [6, 6.07) is 4.12. The summed E-state index contributed by atoms with van der Waals surface area (Å²) in [6.45, 7) is 3.76. The minimum Gasteiger partial charge on any atom is -0.367 e. The normalized spacial score (nSPS) is 17.7. The summed E-state index contributed by atoms with van der Waals surface area (Å²) in [5.74, 6) is 1.89. The maximum Gasteiger partial charge on any atom is 0.261 e. The zero-order chi connectivity index (χ0) is 17.2. The molecular formula is C17H21N7O. The number of anilines is 2. The highest BCUT2D eigenvalue weighted by atomic mass is 16.5. The Morgan fingerprint density at radius 2 is 2.28 bits per heavy atom. The summed E-state index contributed by atoms with van der Waals surface area (Å²) >= 11 is 0. The predicted octanol–water partition coefficient (Wildman–Crippen LogP) is 2.25. The van der Waals surface area contributed by atoms with Gasteiger partial charge in [-0.25, -0.2) is 4.98 Å². The van der Waals surface area contributed by atoms with Gasteiger partial charge in [-0.05, 0) is 31.9 Å². The van der Waals surface area contributed by atoms with Gasteiger partial charge in [0.05, 0.1) is 17.4 Å². The number of hydrogen-bond donors (Lipinski definition) is 1. The summed E-state index contributed by atoms with van der Waals surface area (Å²) in [6.07, 6.45) is 7.95. The molecule has 1 atom stereocenters. The van der Waals surface area contributed by atoms with Crippen molar-refractivity contribution in [1.29, 1.82) is 0 Å². The Morgan fingerprint density at radius 1 is 1.36 bits per heavy atom. The third-order valence-electron chi connectivity index (χ3n) is 4.38. The predicted molar refractivity (Wildman–Crippen MR) is 94.3 cm³/mol. The zero-order valence-corrected chi connectivity index (χ0v) is 14.4. The third-order valence-corrected chi connectivity index (χ3v) is 4.38. The Kier molecular flexibility index (Phi) is 4.09. The molecule has 8 heteroatoms. The first-order valence-electron chi connectivity index (χ1n) is 8.45. The van der Waals surface area contributed by atoms with Crippen molar-refractivity contribution in [3.8, 4) is 11.5 Å². The number of aromatic nitrogens is 5. The Hall–Kier alpha value is -2.90. The van der Waals surface area contributed by atoms with E-state index in [-0.39, 0.29) is 0 Å². The maximum atomic E-state index is 5.31. The minimum absolute atomic E-state index is 0.298. The van der Waals surface area contributed by atoms with Crippen molar-refractivity contribution in [2.75, 3.05) is 23.3 Å². The van der Waals surface area contributed by atoms with Crippen molar-refractivity contribution in [2.24, 2.45) is 7.05 Å². The number of pyridine rings is 1. The largest absolute Gasteiger partial charge is 0.367 e. The molecule has 3 aromatic heterocycles. The van der Waals surface area contributed by atoms with Crippen molar-refractivity contribution >= 4 is 11.5 Å². The van der Waals surface area contributed by atoms with E-state index < -0.39 is 0 Å². The molecule has 1 saturated heterocycles. The van der Waals surface area contributed by atoms with Crippen LogP contribution < -0.4 is 10.2 Å². The smallest absolute Gasteiger partial charge is 0.261 e. The number of hydrogen-bond acceptors (Lipinski definition) is 7. The van der Waals surface area contributed by atoms with Crippen LogP contribution in [-0.2, 0) is 7.05 Å². The standard InChI is InChI=1S/C17H21N7O/c1-12-20-17(25-22-12)15-6-3-7-18-16(15)21-13-5-4-8-24(10-13)14-9-19-23(2)11-14/h3,6-7,9,11,13H,4-5,8,10H2,1-2H3,(H,18,21). The van der Waals surface area contributed by atoms with Crippen LogP contribution in [0.15, 0.2) is 35.2 Å². The molecule has 8 nitrogen and oxygen atoms in total. The molecular weight excluding hydrogens is 318 g/mol. The number of nitrogens with one attached hydrogen (secondary N) is 1. The number of aryl methyl sites for hydroxylation is 2. The number of rotatable bonds is 4. The third kappa shape index (κ3) is 3.33. The first kappa shape index (κ1) is 15.6. The van der Waals surface area contributed by atoms with Gasteiger partial charge in [0, 0.05) is 38.6 Å². The molecule has 0 spiro atoms. The molecule has 0 saturated carbocycles. The monoisotopic (exact) mass is 339 g/mol. The van der Waals surface area contributed by atoms with Gasteiger partial charge in [0.25, 0.3) is 5.89 Å². The highest BCUT2D eigenvalue weighted by Gasteiger charge is 2.23. The fourth-order valence-electron chi connectivity index (χ4n) is 3.19. The second-order valence-corrected chi connectivity index (χ2v) is 6.35. The van der Waals surface area contributed by atoms with E-state index in [1.807, 2.05) is 37.0 Å². The van der Waals surface area contributed by atoms with Gasteiger partial charge in [0.15, 0.2) is 5.82 Å². The van der Waals surface area contributed by atoms with Crippen LogP contribution >= 0.6 is 0 Å². The van der Waals surface area contributed by atoms with Crippen molar-refractivity contribution < 1.29 is 4.52 Å². The second kappa shape index (κ2) is 6.54. The summed E-state index contributed by atoms with van der Waals surface area (Å²) in [4.78, 5) is 11.2. The van der Waals surface area contributed by atoms with Gasteiger partial charge in [-0.3, -0.25) is 4.68 Å². The van der Waals surface area contributed by atoms with Crippen LogP contribution in [0.4, 0.5) is 11.5 Å². The van der Waals surface area contributed by atoms with E-state index in [9.17, 15) is 0 Å². The van der Waals surface area contributed by atoms with Crippen LogP contribution in [0, 0.1) is 6.92 Å². The molecule has 3 aromatic rings. The van der Waals surface area contributed by atoms with Crippen molar-refractivity contribution in [3.05, 3.63) is 36.5 Å². The molecule has 4 rings (SSSR count). The highest BCUT2D eigenvalue weighted by Crippen LogP contribution is 2.27. The Balaban J connectivity index is 1.52. The zero-order valence-electron chi connectivity index (χ0n) is 14.4. The second-order valence-electron chi connectivity index (χ2n) is 6.35.